The monoisotopic (exact) mass is 279 g/mol. The van der Waals surface area contributed by atoms with Crippen molar-refractivity contribution in [3.63, 3.8) is 0 Å². The average Bonchev–Trinajstić information content (AvgIpc) is 2.62. The molecule has 0 aliphatic carbocycles. The smallest absolute Gasteiger partial charge is 0.0475 e. The number of alkyl halides is 1. The first-order valence-corrected chi connectivity index (χ1v) is 6.44. The maximum absolute atomic E-state index is 6.03. The van der Waals surface area contributed by atoms with E-state index in [1.807, 2.05) is 0 Å². The Morgan fingerprint density at radius 1 is 1.69 bits per heavy atom. The van der Waals surface area contributed by atoms with Gasteiger partial charge >= 0.3 is 0 Å². The van der Waals surface area contributed by atoms with Crippen molar-refractivity contribution in [2.75, 3.05) is 13.1 Å². The lowest BCUT2D eigenvalue weighted by atomic mass is 10.4. The van der Waals surface area contributed by atoms with E-state index in [1.54, 1.807) is 11.3 Å². The zero-order chi connectivity index (χ0) is 9.26. The molecule has 1 aromatic heterocycles. The molecule has 1 atom stereocenters. The summed E-state index contributed by atoms with van der Waals surface area (Å²) >= 11 is 11.3. The number of nitrogens with zero attached hydrogens (tertiary/aromatic N) is 1. The fourth-order valence-electron chi connectivity index (χ4n) is 1.59. The molecule has 1 aliphatic heterocycles. The SMILES string of the molecule is ClC1CCN(Cc2cc(Br)cs2)C1. The molecule has 72 valence electrons. The van der Waals surface area contributed by atoms with Gasteiger partial charge in [-0.05, 0) is 28.4 Å². The molecule has 13 heavy (non-hydrogen) atoms. The van der Waals surface area contributed by atoms with E-state index < -0.39 is 0 Å². The van der Waals surface area contributed by atoms with Crippen LogP contribution in [0.15, 0.2) is 15.9 Å². The Kier molecular flexibility index (Phi) is 3.30. The van der Waals surface area contributed by atoms with Gasteiger partial charge in [-0.3, -0.25) is 4.90 Å². The minimum atomic E-state index is 0.364. The van der Waals surface area contributed by atoms with Gasteiger partial charge in [0.05, 0.1) is 0 Å². The van der Waals surface area contributed by atoms with Gasteiger partial charge in [-0.25, -0.2) is 0 Å². The van der Waals surface area contributed by atoms with Crippen LogP contribution in [0.3, 0.4) is 0 Å². The molecule has 2 rings (SSSR count). The van der Waals surface area contributed by atoms with Crippen molar-refractivity contribution >= 4 is 38.9 Å². The summed E-state index contributed by atoms with van der Waals surface area (Å²) in [4.78, 5) is 3.83. The second kappa shape index (κ2) is 4.30. The largest absolute Gasteiger partial charge is 0.297 e. The van der Waals surface area contributed by atoms with Crippen LogP contribution in [0.4, 0.5) is 0 Å². The van der Waals surface area contributed by atoms with Gasteiger partial charge in [-0.15, -0.1) is 22.9 Å². The number of thiophene rings is 1. The Morgan fingerprint density at radius 2 is 2.54 bits per heavy atom. The third-order valence-corrected chi connectivity index (χ3v) is 4.25. The molecule has 0 amide bonds. The van der Waals surface area contributed by atoms with Crippen LogP contribution < -0.4 is 0 Å². The lowest BCUT2D eigenvalue weighted by Crippen LogP contribution is -2.19. The number of halogens is 2. The van der Waals surface area contributed by atoms with Gasteiger partial charge < -0.3 is 0 Å². The summed E-state index contributed by atoms with van der Waals surface area (Å²) in [6, 6.07) is 2.19. The van der Waals surface area contributed by atoms with Crippen molar-refractivity contribution in [2.24, 2.45) is 0 Å². The van der Waals surface area contributed by atoms with Crippen LogP contribution in [-0.4, -0.2) is 23.4 Å². The third-order valence-electron chi connectivity index (χ3n) is 2.22. The highest BCUT2D eigenvalue weighted by Gasteiger charge is 2.20. The summed E-state index contributed by atoms with van der Waals surface area (Å²) in [7, 11) is 0. The highest BCUT2D eigenvalue weighted by Crippen LogP contribution is 2.23. The molecule has 4 heteroatoms. The second-order valence-electron chi connectivity index (χ2n) is 3.35. The normalized spacial score (nSPS) is 24.0. The van der Waals surface area contributed by atoms with Crippen LogP contribution in [0, 0.1) is 0 Å². The molecule has 0 N–H and O–H groups in total. The summed E-state index contributed by atoms with van der Waals surface area (Å²) in [5, 5.41) is 2.49. The van der Waals surface area contributed by atoms with E-state index in [0.29, 0.717) is 5.38 Å². The molecule has 0 radical (unpaired) electrons. The van der Waals surface area contributed by atoms with E-state index in [1.165, 1.54) is 9.35 Å². The van der Waals surface area contributed by atoms with Crippen molar-refractivity contribution in [2.45, 2.75) is 18.3 Å². The van der Waals surface area contributed by atoms with Gasteiger partial charge in [0.2, 0.25) is 0 Å². The van der Waals surface area contributed by atoms with Gasteiger partial charge in [-0.2, -0.15) is 0 Å². The Bertz CT molecular complexity index is 289. The molecule has 0 aromatic carbocycles. The van der Waals surface area contributed by atoms with E-state index in [2.05, 4.69) is 32.3 Å². The highest BCUT2D eigenvalue weighted by atomic mass is 79.9. The Labute approximate surface area is 95.8 Å². The molecular weight excluding hydrogens is 270 g/mol. The standard InChI is InChI=1S/C9H11BrClNS/c10-7-3-9(13-6-7)5-12-2-1-8(11)4-12/h3,6,8H,1-2,4-5H2. The molecule has 2 heterocycles. The number of rotatable bonds is 2. The first-order chi connectivity index (χ1) is 6.24. The molecule has 0 spiro atoms. The lowest BCUT2D eigenvalue weighted by Gasteiger charge is -2.12. The Hall–Kier alpha value is 0.430. The van der Waals surface area contributed by atoms with Crippen molar-refractivity contribution < 1.29 is 0 Å². The van der Waals surface area contributed by atoms with Crippen LogP contribution in [0.2, 0.25) is 0 Å². The molecule has 1 fully saturated rings. The molecule has 1 nitrogen and oxygen atoms in total. The van der Waals surface area contributed by atoms with Crippen LogP contribution in [-0.2, 0) is 6.54 Å². The number of likely N-dealkylation sites (tertiary alicyclic amines) is 1. The van der Waals surface area contributed by atoms with Crippen molar-refractivity contribution in [3.05, 3.63) is 20.8 Å². The summed E-state index contributed by atoms with van der Waals surface area (Å²) in [6.07, 6.45) is 1.13. The second-order valence-corrected chi connectivity index (χ2v) is 5.88. The maximum atomic E-state index is 6.03. The van der Waals surface area contributed by atoms with Crippen molar-refractivity contribution in [3.8, 4) is 0 Å². The van der Waals surface area contributed by atoms with E-state index in [-0.39, 0.29) is 0 Å². The van der Waals surface area contributed by atoms with Gasteiger partial charge in [0, 0.05) is 39.7 Å². The molecule has 0 saturated carbocycles. The van der Waals surface area contributed by atoms with Gasteiger partial charge in [-0.1, -0.05) is 0 Å². The van der Waals surface area contributed by atoms with Crippen molar-refractivity contribution in [1.82, 2.24) is 4.90 Å². The highest BCUT2D eigenvalue weighted by molar-refractivity contribution is 9.10. The predicted molar refractivity (Wildman–Crippen MR) is 61.6 cm³/mol. The van der Waals surface area contributed by atoms with E-state index in [9.17, 15) is 0 Å². The zero-order valence-corrected chi connectivity index (χ0v) is 10.3. The minimum absolute atomic E-state index is 0.364. The summed E-state index contributed by atoms with van der Waals surface area (Å²) in [6.45, 7) is 3.24. The van der Waals surface area contributed by atoms with Crippen molar-refractivity contribution in [1.29, 1.82) is 0 Å². The first-order valence-electron chi connectivity index (χ1n) is 4.33. The zero-order valence-electron chi connectivity index (χ0n) is 7.17. The molecular formula is C9H11BrClNS. The average molecular weight is 281 g/mol. The quantitative estimate of drug-likeness (QED) is 0.751. The van der Waals surface area contributed by atoms with Crippen LogP contribution in [0.1, 0.15) is 11.3 Å². The van der Waals surface area contributed by atoms with Gasteiger partial charge in [0.25, 0.3) is 0 Å². The molecule has 1 aliphatic rings. The number of hydrogen-bond donors (Lipinski definition) is 0. The van der Waals surface area contributed by atoms with Crippen LogP contribution in [0.25, 0.3) is 0 Å². The fraction of sp³-hybridized carbons (Fsp3) is 0.556. The van der Waals surface area contributed by atoms with Crippen LogP contribution in [0.5, 0.6) is 0 Å². The number of hydrogen-bond acceptors (Lipinski definition) is 2. The van der Waals surface area contributed by atoms with Gasteiger partial charge in [0.15, 0.2) is 0 Å². The van der Waals surface area contributed by atoms with Crippen LogP contribution >= 0.6 is 38.9 Å². The minimum Gasteiger partial charge on any atom is -0.297 e. The third kappa shape index (κ3) is 2.69. The first kappa shape index (κ1) is 9.97. The van der Waals surface area contributed by atoms with E-state index in [0.717, 1.165) is 26.1 Å². The van der Waals surface area contributed by atoms with E-state index >= 15 is 0 Å². The topological polar surface area (TPSA) is 3.24 Å². The predicted octanol–water partition coefficient (Wildman–Crippen LogP) is 3.32. The summed E-state index contributed by atoms with van der Waals surface area (Å²) in [5.41, 5.74) is 0. The molecule has 1 saturated heterocycles. The maximum Gasteiger partial charge on any atom is 0.0475 e. The summed E-state index contributed by atoms with van der Waals surface area (Å²) < 4.78 is 1.19. The molecule has 1 unspecified atom stereocenters. The Balaban J connectivity index is 1.91. The fourth-order valence-corrected chi connectivity index (χ4v) is 3.37. The summed E-state index contributed by atoms with van der Waals surface area (Å²) in [5.74, 6) is 0. The Morgan fingerprint density at radius 3 is 3.08 bits per heavy atom. The van der Waals surface area contributed by atoms with E-state index in [4.69, 9.17) is 11.6 Å². The molecule has 1 aromatic rings. The molecule has 0 bridgehead atoms. The lowest BCUT2D eigenvalue weighted by molar-refractivity contribution is 0.335. The van der Waals surface area contributed by atoms with Gasteiger partial charge in [0.1, 0.15) is 0 Å².